The fraction of sp³-hybridized carbons (Fsp3) is 0.727. The Morgan fingerprint density at radius 2 is 1.24 bits per heavy atom. The molecule has 0 spiro atoms. The van der Waals surface area contributed by atoms with Gasteiger partial charge in [-0.05, 0) is 32.8 Å². The zero-order chi connectivity index (χ0) is 18.4. The molecule has 25 heavy (non-hydrogen) atoms. The lowest BCUT2D eigenvalue weighted by atomic mass is 9.90. The summed E-state index contributed by atoms with van der Waals surface area (Å²) >= 11 is 0. The van der Waals surface area contributed by atoms with Gasteiger partial charge in [0.25, 0.3) is 5.97 Å². The Morgan fingerprint density at radius 3 is 1.76 bits per heavy atom. The molecule has 3 nitrogen and oxygen atoms in total. The second kappa shape index (κ2) is 13.3. The molecule has 0 saturated heterocycles. The van der Waals surface area contributed by atoms with Gasteiger partial charge in [-0.25, -0.2) is 0 Å². The maximum Gasteiger partial charge on any atom is 0.290 e. The summed E-state index contributed by atoms with van der Waals surface area (Å²) in [5.41, 5.74) is 1.23. The highest BCUT2D eigenvalue weighted by atomic mass is 16.9. The van der Waals surface area contributed by atoms with Gasteiger partial charge in [-0.2, -0.15) is 0 Å². The molecule has 0 bridgehead atoms. The van der Waals surface area contributed by atoms with Gasteiger partial charge in [-0.15, -0.1) is 0 Å². The lowest BCUT2D eigenvalue weighted by molar-refractivity contribution is -0.389. The first-order chi connectivity index (χ1) is 12.2. The predicted molar refractivity (Wildman–Crippen MR) is 105 cm³/mol. The number of hydrogen-bond donors (Lipinski definition) is 0. The van der Waals surface area contributed by atoms with E-state index < -0.39 is 5.97 Å². The molecule has 144 valence electrons. The van der Waals surface area contributed by atoms with E-state index in [9.17, 15) is 0 Å². The molecule has 3 heteroatoms. The van der Waals surface area contributed by atoms with Crippen LogP contribution in [0.1, 0.15) is 84.1 Å². The number of unbranched alkanes of at least 4 members (excludes halogenated alkanes) is 5. The third kappa shape index (κ3) is 7.47. The van der Waals surface area contributed by atoms with Crippen molar-refractivity contribution in [1.29, 1.82) is 0 Å². The molecule has 0 saturated carbocycles. The first-order valence-electron chi connectivity index (χ1n) is 10.2. The number of hydrogen-bond acceptors (Lipinski definition) is 3. The normalized spacial score (nSPS) is 13.1. The molecular weight excluding hydrogens is 312 g/mol. The van der Waals surface area contributed by atoms with Crippen molar-refractivity contribution < 1.29 is 14.2 Å². The third-order valence-electron chi connectivity index (χ3n) is 4.51. The van der Waals surface area contributed by atoms with Crippen LogP contribution in [0.5, 0.6) is 0 Å². The summed E-state index contributed by atoms with van der Waals surface area (Å²) in [5, 5.41) is 0. The SMILES string of the molecule is CCCCCCCCC(c1ccccc1)C(OCC)(OCC)OCC. The van der Waals surface area contributed by atoms with Gasteiger partial charge in [0.2, 0.25) is 0 Å². The summed E-state index contributed by atoms with van der Waals surface area (Å²) in [6.45, 7) is 9.96. The van der Waals surface area contributed by atoms with E-state index in [1.807, 2.05) is 20.8 Å². The zero-order valence-corrected chi connectivity index (χ0v) is 16.8. The minimum absolute atomic E-state index is 0.0831. The molecule has 0 aliphatic heterocycles. The van der Waals surface area contributed by atoms with Crippen molar-refractivity contribution in [2.45, 2.75) is 84.5 Å². The average Bonchev–Trinajstić information content (AvgIpc) is 2.62. The summed E-state index contributed by atoms with van der Waals surface area (Å²) in [6, 6.07) is 10.5. The second-order valence-corrected chi connectivity index (χ2v) is 6.42. The van der Waals surface area contributed by atoms with Crippen LogP contribution in [0.4, 0.5) is 0 Å². The highest BCUT2D eigenvalue weighted by molar-refractivity contribution is 5.21. The van der Waals surface area contributed by atoms with E-state index in [2.05, 4.69) is 37.3 Å². The van der Waals surface area contributed by atoms with Gasteiger partial charge in [-0.3, -0.25) is 0 Å². The maximum atomic E-state index is 6.08. The lowest BCUT2D eigenvalue weighted by Crippen LogP contribution is -2.45. The van der Waals surface area contributed by atoms with Gasteiger partial charge in [0.05, 0.1) is 5.92 Å². The number of benzene rings is 1. The molecule has 1 aromatic carbocycles. The largest absolute Gasteiger partial charge is 0.327 e. The molecule has 0 aliphatic carbocycles. The van der Waals surface area contributed by atoms with E-state index in [1.165, 1.54) is 37.7 Å². The molecule has 0 radical (unpaired) electrons. The molecule has 1 atom stereocenters. The minimum atomic E-state index is -0.983. The Labute approximate surface area is 155 Å². The number of ether oxygens (including phenoxy) is 3. The Bertz CT molecular complexity index is 402. The predicted octanol–water partition coefficient (Wildman–Crippen LogP) is 6.28. The van der Waals surface area contributed by atoms with Crippen molar-refractivity contribution in [1.82, 2.24) is 0 Å². The Hall–Kier alpha value is -0.900. The van der Waals surface area contributed by atoms with E-state index in [1.54, 1.807) is 0 Å². The van der Waals surface area contributed by atoms with Gasteiger partial charge in [-0.1, -0.05) is 75.8 Å². The van der Waals surface area contributed by atoms with E-state index >= 15 is 0 Å². The molecule has 0 amide bonds. The maximum absolute atomic E-state index is 6.08. The Morgan fingerprint density at radius 1 is 0.720 bits per heavy atom. The van der Waals surface area contributed by atoms with Crippen molar-refractivity contribution in [2.75, 3.05) is 19.8 Å². The summed E-state index contributed by atoms with van der Waals surface area (Å²) < 4.78 is 18.2. The average molecular weight is 351 g/mol. The molecule has 0 N–H and O–H groups in total. The van der Waals surface area contributed by atoms with Crippen LogP contribution in [-0.2, 0) is 14.2 Å². The number of rotatable bonds is 15. The fourth-order valence-electron chi connectivity index (χ4n) is 3.39. The van der Waals surface area contributed by atoms with E-state index in [4.69, 9.17) is 14.2 Å². The highest BCUT2D eigenvalue weighted by Crippen LogP contribution is 2.38. The Balaban J connectivity index is 2.90. The zero-order valence-electron chi connectivity index (χ0n) is 16.8. The topological polar surface area (TPSA) is 27.7 Å². The third-order valence-corrected chi connectivity index (χ3v) is 4.51. The summed E-state index contributed by atoms with van der Waals surface area (Å²) in [5.74, 6) is -0.900. The summed E-state index contributed by atoms with van der Waals surface area (Å²) in [4.78, 5) is 0. The Kier molecular flexibility index (Phi) is 11.8. The van der Waals surface area contributed by atoms with E-state index in [0.29, 0.717) is 19.8 Å². The summed E-state index contributed by atoms with van der Waals surface area (Å²) in [6.07, 6.45) is 8.69. The molecule has 0 fully saturated rings. The van der Waals surface area contributed by atoms with Crippen LogP contribution in [0.15, 0.2) is 30.3 Å². The van der Waals surface area contributed by atoms with Crippen LogP contribution >= 0.6 is 0 Å². The van der Waals surface area contributed by atoms with E-state index in [0.717, 1.165) is 12.8 Å². The van der Waals surface area contributed by atoms with Gasteiger partial charge in [0, 0.05) is 19.8 Å². The van der Waals surface area contributed by atoms with Crippen LogP contribution in [-0.4, -0.2) is 25.8 Å². The lowest BCUT2D eigenvalue weighted by Gasteiger charge is -2.39. The van der Waals surface area contributed by atoms with Crippen molar-refractivity contribution in [3.05, 3.63) is 35.9 Å². The fourth-order valence-corrected chi connectivity index (χ4v) is 3.39. The van der Waals surface area contributed by atoms with Gasteiger partial charge in [0.15, 0.2) is 0 Å². The first kappa shape index (κ1) is 22.1. The van der Waals surface area contributed by atoms with Crippen molar-refractivity contribution >= 4 is 0 Å². The molecule has 0 aromatic heterocycles. The van der Waals surface area contributed by atoms with Crippen molar-refractivity contribution in [2.24, 2.45) is 0 Å². The van der Waals surface area contributed by atoms with Crippen molar-refractivity contribution in [3.8, 4) is 0 Å². The van der Waals surface area contributed by atoms with Gasteiger partial charge in [0.1, 0.15) is 0 Å². The monoisotopic (exact) mass is 350 g/mol. The van der Waals surface area contributed by atoms with Crippen LogP contribution in [0.3, 0.4) is 0 Å². The standard InChI is InChI=1S/C22H38O3/c1-5-9-10-11-12-16-19-21(20-17-14-13-15-18-20)22(23-6-2,24-7-3)25-8-4/h13-15,17-18,21H,5-12,16,19H2,1-4H3. The highest BCUT2D eigenvalue weighted by Gasteiger charge is 2.42. The minimum Gasteiger partial charge on any atom is -0.327 e. The van der Waals surface area contributed by atoms with Gasteiger partial charge < -0.3 is 14.2 Å². The quantitative estimate of drug-likeness (QED) is 0.275. The van der Waals surface area contributed by atoms with Crippen LogP contribution in [0, 0.1) is 0 Å². The molecule has 0 aliphatic rings. The smallest absolute Gasteiger partial charge is 0.290 e. The summed E-state index contributed by atoms with van der Waals surface area (Å²) in [7, 11) is 0. The van der Waals surface area contributed by atoms with Crippen LogP contribution in [0.25, 0.3) is 0 Å². The first-order valence-corrected chi connectivity index (χ1v) is 10.2. The molecule has 1 unspecified atom stereocenters. The van der Waals surface area contributed by atoms with Crippen LogP contribution in [0.2, 0.25) is 0 Å². The second-order valence-electron chi connectivity index (χ2n) is 6.42. The van der Waals surface area contributed by atoms with Gasteiger partial charge >= 0.3 is 0 Å². The van der Waals surface area contributed by atoms with Crippen molar-refractivity contribution in [3.63, 3.8) is 0 Å². The molecular formula is C22H38O3. The molecule has 1 aromatic rings. The molecule has 1 rings (SSSR count). The van der Waals surface area contributed by atoms with Crippen LogP contribution < -0.4 is 0 Å². The molecule has 0 heterocycles. The van der Waals surface area contributed by atoms with E-state index in [-0.39, 0.29) is 5.92 Å².